The number of hydrogen-bond donors (Lipinski definition) is 1. The zero-order chi connectivity index (χ0) is 22.7. The molecular formula is C24H30N2O5. The molecule has 2 amide bonds. The number of likely N-dealkylation sites (N-methyl/N-ethyl adjacent to an activating group) is 1. The van der Waals surface area contributed by atoms with E-state index in [0.29, 0.717) is 28.4 Å². The number of hydrogen-bond acceptors (Lipinski definition) is 5. The quantitative estimate of drug-likeness (QED) is 0.733. The van der Waals surface area contributed by atoms with Gasteiger partial charge in [-0.05, 0) is 48.7 Å². The van der Waals surface area contributed by atoms with Crippen LogP contribution >= 0.6 is 0 Å². The van der Waals surface area contributed by atoms with Crippen LogP contribution in [0.4, 0.5) is 0 Å². The van der Waals surface area contributed by atoms with E-state index in [0.717, 1.165) is 12.0 Å². The van der Waals surface area contributed by atoms with Crippen LogP contribution < -0.4 is 19.5 Å². The summed E-state index contributed by atoms with van der Waals surface area (Å²) in [5.74, 6) is 0.716. The van der Waals surface area contributed by atoms with Gasteiger partial charge in [-0.3, -0.25) is 9.59 Å². The molecule has 1 N–H and O–H groups in total. The van der Waals surface area contributed by atoms with Gasteiger partial charge >= 0.3 is 0 Å². The maximum absolute atomic E-state index is 13.5. The summed E-state index contributed by atoms with van der Waals surface area (Å²) in [6.45, 7) is 3.98. The van der Waals surface area contributed by atoms with Gasteiger partial charge in [0.25, 0.3) is 5.91 Å². The Labute approximate surface area is 183 Å². The molecule has 2 aromatic carbocycles. The fourth-order valence-corrected chi connectivity index (χ4v) is 3.98. The number of rotatable bonds is 7. The first-order valence-electron chi connectivity index (χ1n) is 10.3. The minimum atomic E-state index is -0.611. The maximum Gasteiger partial charge on any atom is 0.254 e. The average Bonchev–Trinajstić information content (AvgIpc) is 2.80. The molecule has 0 saturated carbocycles. The van der Waals surface area contributed by atoms with Crippen molar-refractivity contribution in [3.8, 4) is 17.2 Å². The summed E-state index contributed by atoms with van der Waals surface area (Å²) in [5, 5.41) is 3.09. The summed E-state index contributed by atoms with van der Waals surface area (Å²) in [5.41, 5.74) is 1.91. The molecule has 0 unspecified atom stereocenters. The standard InChI is InChI=1S/C24H30N2O5/c1-7-14(2)25-23(27)21-17-12-19(30-5)20(31-6)13-18(17)24(28)26(3)22(21)15-8-10-16(29-4)11-9-15/h8-14,21-22H,7H2,1-6H3,(H,25,27)/t14-,21+,22+/m0/s1. The van der Waals surface area contributed by atoms with E-state index in [1.165, 1.54) is 14.2 Å². The number of carbonyl (C=O) groups is 2. The van der Waals surface area contributed by atoms with Gasteiger partial charge in [-0.25, -0.2) is 0 Å². The van der Waals surface area contributed by atoms with Crippen molar-refractivity contribution in [1.29, 1.82) is 0 Å². The van der Waals surface area contributed by atoms with E-state index in [-0.39, 0.29) is 17.9 Å². The van der Waals surface area contributed by atoms with Crippen LogP contribution in [-0.2, 0) is 4.79 Å². The molecule has 3 rings (SSSR count). The molecule has 1 aliphatic rings. The molecule has 7 nitrogen and oxygen atoms in total. The van der Waals surface area contributed by atoms with E-state index >= 15 is 0 Å². The molecular weight excluding hydrogens is 396 g/mol. The number of nitrogens with zero attached hydrogens (tertiary/aromatic N) is 1. The van der Waals surface area contributed by atoms with Gasteiger partial charge in [0, 0.05) is 18.7 Å². The van der Waals surface area contributed by atoms with E-state index in [1.807, 2.05) is 38.1 Å². The van der Waals surface area contributed by atoms with Crippen LogP contribution in [0.15, 0.2) is 36.4 Å². The van der Waals surface area contributed by atoms with Crippen molar-refractivity contribution < 1.29 is 23.8 Å². The largest absolute Gasteiger partial charge is 0.497 e. The molecule has 1 heterocycles. The van der Waals surface area contributed by atoms with Crippen LogP contribution in [0, 0.1) is 0 Å². The van der Waals surface area contributed by atoms with Crippen molar-refractivity contribution in [3.05, 3.63) is 53.1 Å². The summed E-state index contributed by atoms with van der Waals surface area (Å²) in [6.07, 6.45) is 0.805. The molecule has 0 radical (unpaired) electrons. The van der Waals surface area contributed by atoms with Crippen molar-refractivity contribution in [2.24, 2.45) is 0 Å². The molecule has 31 heavy (non-hydrogen) atoms. The lowest BCUT2D eigenvalue weighted by atomic mass is 9.79. The molecule has 0 aliphatic carbocycles. The van der Waals surface area contributed by atoms with Gasteiger partial charge in [-0.1, -0.05) is 19.1 Å². The van der Waals surface area contributed by atoms with Gasteiger partial charge in [-0.2, -0.15) is 0 Å². The highest BCUT2D eigenvalue weighted by Gasteiger charge is 2.43. The second-order valence-corrected chi connectivity index (χ2v) is 7.72. The number of benzene rings is 2. The van der Waals surface area contributed by atoms with Gasteiger partial charge in [0.2, 0.25) is 5.91 Å². The number of methoxy groups -OCH3 is 3. The minimum absolute atomic E-state index is 0.00976. The molecule has 0 saturated heterocycles. The van der Waals surface area contributed by atoms with Crippen LogP contribution in [0.1, 0.15) is 53.7 Å². The molecule has 0 fully saturated rings. The minimum Gasteiger partial charge on any atom is -0.497 e. The first-order chi connectivity index (χ1) is 14.9. The predicted octanol–water partition coefficient (Wildman–Crippen LogP) is 3.54. The van der Waals surface area contributed by atoms with Crippen LogP contribution in [0.5, 0.6) is 17.2 Å². The second kappa shape index (κ2) is 9.29. The van der Waals surface area contributed by atoms with E-state index < -0.39 is 12.0 Å². The highest BCUT2D eigenvalue weighted by Crippen LogP contribution is 2.45. The Bertz CT molecular complexity index is 957. The summed E-state index contributed by atoms with van der Waals surface area (Å²) >= 11 is 0. The number of fused-ring (bicyclic) bond motifs is 1. The van der Waals surface area contributed by atoms with Crippen LogP contribution in [0.3, 0.4) is 0 Å². The third kappa shape index (κ3) is 4.17. The number of ether oxygens (including phenoxy) is 3. The van der Waals surface area contributed by atoms with E-state index in [2.05, 4.69) is 5.32 Å². The van der Waals surface area contributed by atoms with Gasteiger partial charge < -0.3 is 24.4 Å². The SMILES string of the molecule is CC[C@H](C)NC(=O)[C@@H]1c2cc(OC)c(OC)cc2C(=O)N(C)[C@@H]1c1ccc(OC)cc1. The fraction of sp³-hybridized carbons (Fsp3) is 0.417. The predicted molar refractivity (Wildman–Crippen MR) is 118 cm³/mol. The number of amides is 2. The summed E-state index contributed by atoms with van der Waals surface area (Å²) in [4.78, 5) is 28.4. The highest BCUT2D eigenvalue weighted by molar-refractivity contribution is 6.02. The van der Waals surface area contributed by atoms with Crippen LogP contribution in [0.25, 0.3) is 0 Å². The zero-order valence-electron chi connectivity index (χ0n) is 18.9. The number of carbonyl (C=O) groups excluding carboxylic acids is 2. The van der Waals surface area contributed by atoms with Crippen molar-refractivity contribution in [3.63, 3.8) is 0 Å². The lowest BCUT2D eigenvalue weighted by Crippen LogP contribution is -2.47. The molecule has 3 atom stereocenters. The second-order valence-electron chi connectivity index (χ2n) is 7.72. The first kappa shape index (κ1) is 22.5. The van der Waals surface area contributed by atoms with Crippen molar-refractivity contribution in [1.82, 2.24) is 10.2 Å². The van der Waals surface area contributed by atoms with E-state index in [4.69, 9.17) is 14.2 Å². The molecule has 166 valence electrons. The van der Waals surface area contributed by atoms with Gasteiger partial charge in [-0.15, -0.1) is 0 Å². The normalized spacial score (nSPS) is 18.8. The van der Waals surface area contributed by atoms with Crippen molar-refractivity contribution in [2.45, 2.75) is 38.3 Å². The number of nitrogens with one attached hydrogen (secondary N) is 1. The van der Waals surface area contributed by atoms with Gasteiger partial charge in [0.1, 0.15) is 5.75 Å². The topological polar surface area (TPSA) is 77.1 Å². The van der Waals surface area contributed by atoms with Crippen LogP contribution in [-0.4, -0.2) is 51.1 Å². The molecule has 2 aromatic rings. The lowest BCUT2D eigenvalue weighted by molar-refractivity contribution is -0.124. The monoisotopic (exact) mass is 426 g/mol. The van der Waals surface area contributed by atoms with Crippen LogP contribution in [0.2, 0.25) is 0 Å². The van der Waals surface area contributed by atoms with E-state index in [9.17, 15) is 9.59 Å². The molecule has 1 aliphatic heterocycles. The zero-order valence-corrected chi connectivity index (χ0v) is 18.9. The molecule has 0 aromatic heterocycles. The van der Waals surface area contributed by atoms with E-state index in [1.54, 1.807) is 31.2 Å². The fourth-order valence-electron chi connectivity index (χ4n) is 3.98. The summed E-state index contributed by atoms with van der Waals surface area (Å²) in [7, 11) is 6.38. The van der Waals surface area contributed by atoms with Gasteiger partial charge in [0.05, 0.1) is 33.3 Å². The Morgan fingerprint density at radius 1 is 1.06 bits per heavy atom. The Morgan fingerprint density at radius 2 is 1.68 bits per heavy atom. The Balaban J connectivity index is 2.19. The molecule has 0 spiro atoms. The Hall–Kier alpha value is -3.22. The molecule has 0 bridgehead atoms. The molecule has 7 heteroatoms. The Kier molecular flexibility index (Phi) is 6.73. The lowest BCUT2D eigenvalue weighted by Gasteiger charge is -2.40. The highest BCUT2D eigenvalue weighted by atomic mass is 16.5. The van der Waals surface area contributed by atoms with Gasteiger partial charge in [0.15, 0.2) is 11.5 Å². The maximum atomic E-state index is 13.5. The summed E-state index contributed by atoms with van der Waals surface area (Å²) in [6, 6.07) is 10.4. The third-order valence-electron chi connectivity index (χ3n) is 5.92. The third-order valence-corrected chi connectivity index (χ3v) is 5.92. The Morgan fingerprint density at radius 3 is 2.23 bits per heavy atom. The van der Waals surface area contributed by atoms with Crippen molar-refractivity contribution in [2.75, 3.05) is 28.4 Å². The first-order valence-corrected chi connectivity index (χ1v) is 10.3. The average molecular weight is 427 g/mol. The van der Waals surface area contributed by atoms with Crippen molar-refractivity contribution >= 4 is 11.8 Å². The smallest absolute Gasteiger partial charge is 0.254 e. The summed E-state index contributed by atoms with van der Waals surface area (Å²) < 4.78 is 16.1.